The molecule has 0 saturated carbocycles. The molecule has 0 amide bonds. The fourth-order valence-electron chi connectivity index (χ4n) is 1.48. The van der Waals surface area contributed by atoms with Gasteiger partial charge in [0.15, 0.2) is 0 Å². The Morgan fingerprint density at radius 1 is 1.22 bits per heavy atom. The molecule has 0 aliphatic heterocycles. The first kappa shape index (κ1) is 20.4. The average Bonchev–Trinajstić information content (AvgIpc) is 2.31. The highest BCUT2D eigenvalue weighted by molar-refractivity contribution is 7.87. The predicted octanol–water partition coefficient (Wildman–Crippen LogP) is 1.49. The Kier molecular flexibility index (Phi) is 12.5. The predicted molar refractivity (Wildman–Crippen MR) is 79.2 cm³/mol. The molecule has 0 aliphatic carbocycles. The standard InChI is InChI=1S/C11H27N3O2S.ClH/c1-4-6-8-11(10-12)13-17(15,16)14(3)9-7-5-2;/h11,13H,4-10,12H2,1-3H3;1H. The highest BCUT2D eigenvalue weighted by Gasteiger charge is 2.20. The van der Waals surface area contributed by atoms with Crippen LogP contribution < -0.4 is 10.5 Å². The Hall–Kier alpha value is 0.120. The van der Waals surface area contributed by atoms with E-state index in [4.69, 9.17) is 5.73 Å². The maximum Gasteiger partial charge on any atom is 0.279 e. The molecule has 1 atom stereocenters. The van der Waals surface area contributed by atoms with E-state index in [2.05, 4.69) is 11.6 Å². The fraction of sp³-hybridized carbons (Fsp3) is 1.00. The lowest BCUT2D eigenvalue weighted by Crippen LogP contribution is -2.46. The lowest BCUT2D eigenvalue weighted by molar-refractivity contribution is 0.431. The van der Waals surface area contributed by atoms with Crippen molar-refractivity contribution in [3.05, 3.63) is 0 Å². The van der Waals surface area contributed by atoms with Gasteiger partial charge < -0.3 is 5.73 Å². The van der Waals surface area contributed by atoms with Crippen molar-refractivity contribution in [2.24, 2.45) is 5.73 Å². The summed E-state index contributed by atoms with van der Waals surface area (Å²) in [6.07, 6.45) is 4.69. The largest absolute Gasteiger partial charge is 0.329 e. The lowest BCUT2D eigenvalue weighted by Gasteiger charge is -2.22. The number of hydrogen-bond donors (Lipinski definition) is 2. The molecule has 0 aromatic carbocycles. The van der Waals surface area contributed by atoms with Crippen molar-refractivity contribution in [3.8, 4) is 0 Å². The van der Waals surface area contributed by atoms with Gasteiger partial charge in [0.1, 0.15) is 0 Å². The zero-order chi connectivity index (χ0) is 13.3. The highest BCUT2D eigenvalue weighted by Crippen LogP contribution is 2.04. The molecular weight excluding hydrogens is 274 g/mol. The van der Waals surface area contributed by atoms with Crippen LogP contribution in [0.1, 0.15) is 46.0 Å². The van der Waals surface area contributed by atoms with E-state index < -0.39 is 10.2 Å². The number of unbranched alkanes of at least 4 members (excludes halogenated alkanes) is 2. The third-order valence-electron chi connectivity index (χ3n) is 2.74. The van der Waals surface area contributed by atoms with Crippen molar-refractivity contribution in [2.75, 3.05) is 20.1 Å². The van der Waals surface area contributed by atoms with Gasteiger partial charge in [-0.15, -0.1) is 12.4 Å². The molecule has 0 saturated heterocycles. The van der Waals surface area contributed by atoms with Crippen LogP contribution in [0.5, 0.6) is 0 Å². The Morgan fingerprint density at radius 3 is 2.22 bits per heavy atom. The quantitative estimate of drug-likeness (QED) is 0.642. The minimum atomic E-state index is -3.37. The highest BCUT2D eigenvalue weighted by atomic mass is 35.5. The van der Waals surface area contributed by atoms with E-state index in [1.54, 1.807) is 7.05 Å². The second kappa shape index (κ2) is 11.0. The lowest BCUT2D eigenvalue weighted by atomic mass is 10.1. The van der Waals surface area contributed by atoms with E-state index in [9.17, 15) is 8.42 Å². The molecule has 0 rings (SSSR count). The monoisotopic (exact) mass is 301 g/mol. The third kappa shape index (κ3) is 8.26. The normalized spacial score (nSPS) is 13.4. The van der Waals surface area contributed by atoms with Crippen LogP contribution in [-0.2, 0) is 10.2 Å². The summed E-state index contributed by atoms with van der Waals surface area (Å²) in [7, 11) is -1.77. The minimum Gasteiger partial charge on any atom is -0.329 e. The molecule has 3 N–H and O–H groups in total. The van der Waals surface area contributed by atoms with Gasteiger partial charge in [0.05, 0.1) is 0 Å². The number of rotatable bonds is 10. The maximum absolute atomic E-state index is 11.9. The van der Waals surface area contributed by atoms with Crippen LogP contribution in [0, 0.1) is 0 Å². The smallest absolute Gasteiger partial charge is 0.279 e. The van der Waals surface area contributed by atoms with Crippen LogP contribution >= 0.6 is 12.4 Å². The molecule has 0 spiro atoms. The van der Waals surface area contributed by atoms with Crippen molar-refractivity contribution < 1.29 is 8.42 Å². The average molecular weight is 302 g/mol. The van der Waals surface area contributed by atoms with E-state index >= 15 is 0 Å². The van der Waals surface area contributed by atoms with Gasteiger partial charge in [0.25, 0.3) is 10.2 Å². The molecule has 0 bridgehead atoms. The van der Waals surface area contributed by atoms with Crippen LogP contribution in [0.4, 0.5) is 0 Å². The third-order valence-corrected chi connectivity index (χ3v) is 4.38. The van der Waals surface area contributed by atoms with E-state index in [0.717, 1.165) is 32.1 Å². The molecule has 0 aromatic heterocycles. The van der Waals surface area contributed by atoms with Crippen LogP contribution in [0.25, 0.3) is 0 Å². The van der Waals surface area contributed by atoms with E-state index in [0.29, 0.717) is 13.1 Å². The summed E-state index contributed by atoms with van der Waals surface area (Å²) in [5, 5.41) is 0. The van der Waals surface area contributed by atoms with E-state index in [1.165, 1.54) is 4.31 Å². The topological polar surface area (TPSA) is 75.4 Å². The Bertz CT molecular complexity index is 286. The second-order valence-electron chi connectivity index (χ2n) is 4.37. The summed E-state index contributed by atoms with van der Waals surface area (Å²) < 4.78 is 27.9. The zero-order valence-corrected chi connectivity index (χ0v) is 13.3. The number of nitrogens with zero attached hydrogens (tertiary/aromatic N) is 1. The van der Waals surface area contributed by atoms with Gasteiger partial charge in [-0.25, -0.2) is 0 Å². The van der Waals surface area contributed by atoms with Gasteiger partial charge in [-0.1, -0.05) is 33.1 Å². The summed E-state index contributed by atoms with van der Waals surface area (Å²) in [5.41, 5.74) is 5.58. The number of nitrogens with two attached hydrogens (primary N) is 1. The van der Waals surface area contributed by atoms with Gasteiger partial charge in [-0.2, -0.15) is 17.4 Å². The Morgan fingerprint density at radius 2 is 1.78 bits per heavy atom. The molecular formula is C11H28ClN3O2S. The Labute approximate surface area is 118 Å². The van der Waals surface area contributed by atoms with Gasteiger partial charge in [0.2, 0.25) is 0 Å². The summed E-state index contributed by atoms with van der Waals surface area (Å²) in [5.74, 6) is 0. The van der Waals surface area contributed by atoms with E-state index in [-0.39, 0.29) is 18.4 Å². The molecule has 0 radical (unpaired) electrons. The zero-order valence-electron chi connectivity index (χ0n) is 11.7. The molecule has 0 heterocycles. The minimum absolute atomic E-state index is 0. The first-order valence-corrected chi connectivity index (χ1v) is 7.85. The fourth-order valence-corrected chi connectivity index (χ4v) is 2.66. The summed E-state index contributed by atoms with van der Waals surface area (Å²) >= 11 is 0. The molecule has 0 fully saturated rings. The van der Waals surface area contributed by atoms with Crippen LogP contribution in [0.3, 0.4) is 0 Å². The first-order valence-electron chi connectivity index (χ1n) is 6.41. The van der Waals surface area contributed by atoms with Crippen LogP contribution in [-0.4, -0.2) is 38.9 Å². The van der Waals surface area contributed by atoms with Gasteiger partial charge in [-0.05, 0) is 12.8 Å². The second-order valence-corrected chi connectivity index (χ2v) is 6.18. The van der Waals surface area contributed by atoms with Crippen molar-refractivity contribution in [1.82, 2.24) is 9.03 Å². The summed E-state index contributed by atoms with van der Waals surface area (Å²) in [6, 6.07) is -0.149. The Balaban J connectivity index is 0. The van der Waals surface area contributed by atoms with Gasteiger partial charge in [-0.3, -0.25) is 0 Å². The summed E-state index contributed by atoms with van der Waals surface area (Å²) in [4.78, 5) is 0. The van der Waals surface area contributed by atoms with E-state index in [1.807, 2.05) is 6.92 Å². The first-order chi connectivity index (χ1) is 7.97. The van der Waals surface area contributed by atoms with Crippen molar-refractivity contribution in [3.63, 3.8) is 0 Å². The molecule has 7 heteroatoms. The van der Waals surface area contributed by atoms with Crippen LogP contribution in [0.2, 0.25) is 0 Å². The maximum atomic E-state index is 11.9. The molecule has 0 aromatic rings. The van der Waals surface area contributed by atoms with Gasteiger partial charge >= 0.3 is 0 Å². The van der Waals surface area contributed by atoms with Gasteiger partial charge in [0, 0.05) is 26.2 Å². The SMILES string of the molecule is CCCCC(CN)NS(=O)(=O)N(C)CCCC.Cl. The van der Waals surface area contributed by atoms with Crippen molar-refractivity contribution in [2.45, 2.75) is 52.0 Å². The van der Waals surface area contributed by atoms with Crippen molar-refractivity contribution >= 4 is 22.6 Å². The number of halogens is 1. The molecule has 18 heavy (non-hydrogen) atoms. The van der Waals surface area contributed by atoms with Crippen LogP contribution in [0.15, 0.2) is 0 Å². The van der Waals surface area contributed by atoms with Crippen molar-refractivity contribution in [1.29, 1.82) is 0 Å². The number of hydrogen-bond acceptors (Lipinski definition) is 3. The molecule has 0 aliphatic rings. The molecule has 112 valence electrons. The molecule has 1 unspecified atom stereocenters. The molecule has 5 nitrogen and oxygen atoms in total. The summed E-state index contributed by atoms with van der Waals surface area (Å²) in [6.45, 7) is 5.02. The number of nitrogens with one attached hydrogen (secondary N) is 1.